The molecule has 0 aliphatic heterocycles. The Morgan fingerprint density at radius 2 is 1.85 bits per heavy atom. The summed E-state index contributed by atoms with van der Waals surface area (Å²) in [7, 11) is 1.93. The lowest BCUT2D eigenvalue weighted by Gasteiger charge is -2.19. The van der Waals surface area contributed by atoms with Crippen molar-refractivity contribution in [2.75, 3.05) is 7.05 Å². The Bertz CT molecular complexity index is 841. The molecule has 3 aromatic rings. The van der Waals surface area contributed by atoms with E-state index in [1.54, 1.807) is 0 Å². The molecule has 2 heterocycles. The third kappa shape index (κ3) is 4.00. The number of halogens is 1. The molecule has 0 bridgehead atoms. The first-order valence-electron chi connectivity index (χ1n) is 8.74. The van der Waals surface area contributed by atoms with E-state index >= 15 is 0 Å². The van der Waals surface area contributed by atoms with Crippen molar-refractivity contribution >= 4 is 12.4 Å². The van der Waals surface area contributed by atoms with E-state index in [1.165, 1.54) is 11.3 Å². The van der Waals surface area contributed by atoms with Gasteiger partial charge in [-0.25, -0.2) is 0 Å². The minimum atomic E-state index is 0. The van der Waals surface area contributed by atoms with Gasteiger partial charge < -0.3 is 14.4 Å². The first kappa shape index (κ1) is 20.2. The summed E-state index contributed by atoms with van der Waals surface area (Å²) in [5.74, 6) is 1.33. The van der Waals surface area contributed by atoms with Gasteiger partial charge in [0.15, 0.2) is 5.82 Å². The van der Waals surface area contributed by atoms with E-state index in [0.29, 0.717) is 11.9 Å². The van der Waals surface area contributed by atoms with Crippen molar-refractivity contribution in [3.63, 3.8) is 0 Å². The second-order valence-electron chi connectivity index (χ2n) is 6.65. The Balaban J connectivity index is 0.00000243. The molecule has 5 nitrogen and oxygen atoms in total. The summed E-state index contributed by atoms with van der Waals surface area (Å²) in [4.78, 5) is 4.58. The number of nitrogens with zero attached hydrogens (tertiary/aromatic N) is 3. The Morgan fingerprint density at radius 3 is 2.50 bits per heavy atom. The maximum atomic E-state index is 5.53. The third-order valence-electron chi connectivity index (χ3n) is 4.83. The minimum Gasteiger partial charge on any atom is -0.341 e. The van der Waals surface area contributed by atoms with Crippen LogP contribution in [0.15, 0.2) is 40.9 Å². The number of likely N-dealkylation sites (N-methyl/N-ethyl adjacent to an activating group) is 1. The minimum absolute atomic E-state index is 0. The SMILES string of the molecule is CNC(C)Cc1noc(-c2cc(C)n(C(C)c3ccccc3)c2C)n1.Cl. The number of aryl methyl sites for hydroxylation is 1. The maximum absolute atomic E-state index is 5.53. The van der Waals surface area contributed by atoms with Crippen molar-refractivity contribution in [2.24, 2.45) is 0 Å². The van der Waals surface area contributed by atoms with E-state index in [9.17, 15) is 0 Å². The van der Waals surface area contributed by atoms with Gasteiger partial charge in [0.2, 0.25) is 0 Å². The van der Waals surface area contributed by atoms with Gasteiger partial charge >= 0.3 is 0 Å². The van der Waals surface area contributed by atoms with Crippen molar-refractivity contribution in [1.29, 1.82) is 0 Å². The quantitative estimate of drug-likeness (QED) is 0.697. The van der Waals surface area contributed by atoms with Crippen LogP contribution in [0.3, 0.4) is 0 Å². The molecule has 6 heteroatoms. The summed E-state index contributed by atoms with van der Waals surface area (Å²) in [6.07, 6.45) is 0.749. The summed E-state index contributed by atoms with van der Waals surface area (Å²) in [6.45, 7) is 8.55. The van der Waals surface area contributed by atoms with Crippen molar-refractivity contribution in [3.8, 4) is 11.5 Å². The molecule has 2 atom stereocenters. The van der Waals surface area contributed by atoms with Gasteiger partial charge in [0.25, 0.3) is 5.89 Å². The Labute approximate surface area is 161 Å². The van der Waals surface area contributed by atoms with Gasteiger partial charge in [-0.2, -0.15) is 4.98 Å². The average molecular weight is 375 g/mol. The lowest BCUT2D eigenvalue weighted by Crippen LogP contribution is -2.24. The highest BCUT2D eigenvalue weighted by Gasteiger charge is 2.20. The molecule has 0 fully saturated rings. The third-order valence-corrected chi connectivity index (χ3v) is 4.83. The molecule has 3 rings (SSSR count). The Morgan fingerprint density at radius 1 is 1.15 bits per heavy atom. The van der Waals surface area contributed by atoms with E-state index in [-0.39, 0.29) is 18.4 Å². The normalized spacial score (nSPS) is 13.3. The molecule has 1 aromatic carbocycles. The highest BCUT2D eigenvalue weighted by molar-refractivity contribution is 5.85. The van der Waals surface area contributed by atoms with Crippen molar-refractivity contribution < 1.29 is 4.52 Å². The summed E-state index contributed by atoms with van der Waals surface area (Å²) in [5, 5.41) is 7.32. The first-order chi connectivity index (χ1) is 12.0. The van der Waals surface area contributed by atoms with Crippen molar-refractivity contribution in [1.82, 2.24) is 20.0 Å². The first-order valence-corrected chi connectivity index (χ1v) is 8.74. The predicted molar refractivity (Wildman–Crippen MR) is 107 cm³/mol. The van der Waals surface area contributed by atoms with Gasteiger partial charge in [0.1, 0.15) is 0 Å². The van der Waals surface area contributed by atoms with Gasteiger partial charge in [0.05, 0.1) is 11.6 Å². The van der Waals surface area contributed by atoms with Gasteiger partial charge in [-0.15, -0.1) is 12.4 Å². The van der Waals surface area contributed by atoms with E-state index in [0.717, 1.165) is 23.5 Å². The molecule has 26 heavy (non-hydrogen) atoms. The zero-order valence-electron chi connectivity index (χ0n) is 16.0. The smallest absolute Gasteiger partial charge is 0.259 e. The molecular weight excluding hydrogens is 348 g/mol. The molecule has 0 aliphatic carbocycles. The molecular formula is C20H27ClN4O. The number of hydrogen-bond acceptors (Lipinski definition) is 4. The van der Waals surface area contributed by atoms with Gasteiger partial charge in [-0.05, 0) is 46.4 Å². The fraction of sp³-hybridized carbons (Fsp3) is 0.400. The topological polar surface area (TPSA) is 55.9 Å². The van der Waals surface area contributed by atoms with Crippen molar-refractivity contribution in [3.05, 3.63) is 59.2 Å². The molecule has 140 valence electrons. The lowest BCUT2D eigenvalue weighted by molar-refractivity contribution is 0.418. The Hall–Kier alpha value is -2.11. The summed E-state index contributed by atoms with van der Waals surface area (Å²) >= 11 is 0. The van der Waals surface area contributed by atoms with E-state index in [4.69, 9.17) is 4.52 Å². The monoisotopic (exact) mass is 374 g/mol. The molecule has 0 spiro atoms. The van der Waals surface area contributed by atoms with E-state index in [1.807, 2.05) is 13.1 Å². The van der Waals surface area contributed by atoms with E-state index in [2.05, 4.69) is 78.1 Å². The number of nitrogens with one attached hydrogen (secondary N) is 1. The largest absolute Gasteiger partial charge is 0.341 e. The summed E-state index contributed by atoms with van der Waals surface area (Å²) < 4.78 is 7.85. The molecule has 1 N–H and O–H groups in total. The fourth-order valence-corrected chi connectivity index (χ4v) is 3.29. The van der Waals surface area contributed by atoms with E-state index < -0.39 is 0 Å². The van der Waals surface area contributed by atoms with Crippen LogP contribution in [0, 0.1) is 13.8 Å². The number of benzene rings is 1. The molecule has 2 aromatic heterocycles. The van der Waals surface area contributed by atoms with Crippen LogP contribution in [-0.4, -0.2) is 27.8 Å². The highest BCUT2D eigenvalue weighted by Crippen LogP contribution is 2.30. The number of rotatable bonds is 6. The fourth-order valence-electron chi connectivity index (χ4n) is 3.29. The summed E-state index contributed by atoms with van der Waals surface area (Å²) in [5.41, 5.74) is 4.62. The molecule has 0 saturated heterocycles. The second-order valence-corrected chi connectivity index (χ2v) is 6.65. The summed E-state index contributed by atoms with van der Waals surface area (Å²) in [6, 6.07) is 13.2. The highest BCUT2D eigenvalue weighted by atomic mass is 35.5. The van der Waals surface area contributed by atoms with Crippen LogP contribution in [0.2, 0.25) is 0 Å². The van der Waals surface area contributed by atoms with Crippen LogP contribution >= 0.6 is 12.4 Å². The van der Waals surface area contributed by atoms with Crippen LogP contribution in [0.4, 0.5) is 0 Å². The Kier molecular flexibility index (Phi) is 6.62. The number of hydrogen-bond donors (Lipinski definition) is 1. The average Bonchev–Trinajstić information content (AvgIpc) is 3.19. The van der Waals surface area contributed by atoms with Gasteiger partial charge in [-0.3, -0.25) is 0 Å². The number of aromatic nitrogens is 3. The predicted octanol–water partition coefficient (Wildman–Crippen LogP) is 4.34. The molecule has 2 unspecified atom stereocenters. The van der Waals surface area contributed by atoms with Gasteiger partial charge in [-0.1, -0.05) is 35.5 Å². The van der Waals surface area contributed by atoms with Crippen LogP contribution < -0.4 is 5.32 Å². The maximum Gasteiger partial charge on any atom is 0.259 e. The van der Waals surface area contributed by atoms with Crippen molar-refractivity contribution in [2.45, 2.75) is 46.2 Å². The zero-order chi connectivity index (χ0) is 18.0. The molecule has 0 aliphatic rings. The molecule has 0 saturated carbocycles. The van der Waals surface area contributed by atoms with Gasteiger partial charge in [0, 0.05) is 23.9 Å². The van der Waals surface area contributed by atoms with Crippen LogP contribution in [0.1, 0.15) is 42.7 Å². The standard InChI is InChI=1S/C20H26N4O.ClH/c1-13(21-5)11-19-22-20(25-23-19)18-12-14(2)24(16(18)4)15(3)17-9-7-6-8-10-17;/h6-10,12-13,15,21H,11H2,1-5H3;1H. The second kappa shape index (κ2) is 8.52. The van der Waals surface area contributed by atoms with Crippen LogP contribution in [-0.2, 0) is 6.42 Å². The molecule has 0 amide bonds. The molecule has 0 radical (unpaired) electrons. The zero-order valence-corrected chi connectivity index (χ0v) is 16.8. The van der Waals surface area contributed by atoms with Crippen LogP contribution in [0.25, 0.3) is 11.5 Å². The van der Waals surface area contributed by atoms with Crippen LogP contribution in [0.5, 0.6) is 0 Å². The lowest BCUT2D eigenvalue weighted by atomic mass is 10.1.